The lowest BCUT2D eigenvalue weighted by molar-refractivity contribution is 0.0459. The molecule has 2 aromatic heterocycles. The molecule has 3 heterocycles. The minimum absolute atomic E-state index is 0.0178. The summed E-state index contributed by atoms with van der Waals surface area (Å²) in [6.07, 6.45) is 0. The van der Waals surface area contributed by atoms with Crippen LogP contribution in [0, 0.1) is 13.8 Å². The number of H-pyrrole nitrogens is 1. The Morgan fingerprint density at radius 1 is 1.14 bits per heavy atom. The van der Waals surface area contributed by atoms with Crippen molar-refractivity contribution in [3.8, 4) is 0 Å². The highest BCUT2D eigenvalue weighted by atomic mass is 32.2. The first kappa shape index (κ1) is 23.5. The highest BCUT2D eigenvalue weighted by Crippen LogP contribution is 2.25. The number of aromatic amines is 1. The second kappa shape index (κ2) is 9.10. The van der Waals surface area contributed by atoms with Crippen LogP contribution in [0.2, 0.25) is 0 Å². The first-order valence-corrected chi connectivity index (χ1v) is 13.1. The molecule has 0 bridgehead atoms. The summed E-state index contributed by atoms with van der Waals surface area (Å²) < 4.78 is 40.3. The maximum atomic E-state index is 13.0. The Kier molecular flexibility index (Phi) is 6.12. The molecular weight excluding hydrogens is 468 g/mol. The monoisotopic (exact) mass is 496 g/mol. The predicted molar refractivity (Wildman–Crippen MR) is 132 cm³/mol. The number of nitrogens with zero attached hydrogens (tertiary/aromatic N) is 3. The molecule has 9 nitrogen and oxygen atoms in total. The first-order valence-electron chi connectivity index (χ1n) is 11.6. The van der Waals surface area contributed by atoms with E-state index in [9.17, 15) is 13.2 Å². The van der Waals surface area contributed by atoms with Crippen molar-refractivity contribution in [1.82, 2.24) is 18.8 Å². The van der Waals surface area contributed by atoms with Crippen molar-refractivity contribution in [3.63, 3.8) is 0 Å². The lowest BCUT2D eigenvalue weighted by Gasteiger charge is -2.26. The van der Waals surface area contributed by atoms with Gasteiger partial charge in [-0.2, -0.15) is 4.31 Å². The number of nitrogens with one attached hydrogen (secondary N) is 1. The number of morpholine rings is 1. The summed E-state index contributed by atoms with van der Waals surface area (Å²) in [5.74, 6) is 0.127. The molecule has 0 spiro atoms. The number of rotatable bonds is 6. The molecule has 4 aromatic rings. The van der Waals surface area contributed by atoms with Crippen LogP contribution in [-0.2, 0) is 32.6 Å². The number of aryl methyl sites for hydroxylation is 3. The molecule has 184 valence electrons. The summed E-state index contributed by atoms with van der Waals surface area (Å²) >= 11 is 0. The second-order valence-electron chi connectivity index (χ2n) is 8.65. The summed E-state index contributed by atoms with van der Waals surface area (Å²) in [6.45, 7) is 8.01. The molecule has 1 fully saturated rings. The van der Waals surface area contributed by atoms with Gasteiger partial charge in [0.15, 0.2) is 0 Å². The minimum Gasteiger partial charge on any atom is -0.454 e. The van der Waals surface area contributed by atoms with Crippen molar-refractivity contribution < 1.29 is 22.7 Å². The van der Waals surface area contributed by atoms with Crippen molar-refractivity contribution >= 4 is 37.9 Å². The van der Waals surface area contributed by atoms with Crippen molar-refractivity contribution in [2.24, 2.45) is 0 Å². The molecule has 1 aliphatic heterocycles. The van der Waals surface area contributed by atoms with Gasteiger partial charge >= 0.3 is 5.97 Å². The largest absolute Gasteiger partial charge is 0.454 e. The van der Waals surface area contributed by atoms with Crippen molar-refractivity contribution in [2.45, 2.75) is 38.8 Å². The summed E-state index contributed by atoms with van der Waals surface area (Å²) in [7, 11) is -3.63. The molecule has 0 aliphatic carbocycles. The highest BCUT2D eigenvalue weighted by Gasteiger charge is 2.27. The number of aromatic nitrogens is 3. The number of hydrogen-bond acceptors (Lipinski definition) is 6. The fourth-order valence-electron chi connectivity index (χ4n) is 4.52. The molecular formula is C25H28N4O5S. The highest BCUT2D eigenvalue weighted by molar-refractivity contribution is 7.89. The lowest BCUT2D eigenvalue weighted by Crippen LogP contribution is -2.40. The quantitative estimate of drug-likeness (QED) is 0.409. The Morgan fingerprint density at radius 3 is 2.66 bits per heavy atom. The van der Waals surface area contributed by atoms with Gasteiger partial charge in [-0.05, 0) is 62.7 Å². The number of carbonyl (C=O) groups excluding carboxylic acids is 1. The fourth-order valence-corrected chi connectivity index (χ4v) is 5.95. The van der Waals surface area contributed by atoms with E-state index >= 15 is 0 Å². The van der Waals surface area contributed by atoms with Gasteiger partial charge in [-0.25, -0.2) is 18.2 Å². The third kappa shape index (κ3) is 4.22. The van der Waals surface area contributed by atoms with Crippen LogP contribution in [0.25, 0.3) is 21.9 Å². The summed E-state index contributed by atoms with van der Waals surface area (Å²) in [6, 6.07) is 10.4. The number of esters is 1. The number of fused-ring (bicyclic) bond motifs is 2. The Hall–Kier alpha value is -3.21. The third-order valence-corrected chi connectivity index (χ3v) is 8.49. The van der Waals surface area contributed by atoms with Crippen LogP contribution in [0.4, 0.5) is 0 Å². The molecule has 1 aliphatic rings. The Balaban J connectivity index is 1.39. The van der Waals surface area contributed by atoms with Gasteiger partial charge in [0.25, 0.3) is 0 Å². The number of benzene rings is 2. The van der Waals surface area contributed by atoms with Crippen LogP contribution in [0.3, 0.4) is 0 Å². The Labute approximate surface area is 203 Å². The minimum atomic E-state index is -3.63. The smallest absolute Gasteiger partial charge is 0.338 e. The predicted octanol–water partition coefficient (Wildman–Crippen LogP) is 3.53. The molecule has 35 heavy (non-hydrogen) atoms. The van der Waals surface area contributed by atoms with E-state index in [0.717, 1.165) is 27.7 Å². The molecule has 1 N–H and O–H groups in total. The van der Waals surface area contributed by atoms with E-state index in [0.29, 0.717) is 49.8 Å². The van der Waals surface area contributed by atoms with E-state index in [4.69, 9.17) is 9.47 Å². The number of sulfonamides is 1. The second-order valence-corrected chi connectivity index (χ2v) is 10.6. The van der Waals surface area contributed by atoms with Crippen LogP contribution >= 0.6 is 0 Å². The summed E-state index contributed by atoms with van der Waals surface area (Å²) in [5.41, 5.74) is 4.96. The van der Waals surface area contributed by atoms with E-state index in [1.807, 2.05) is 37.5 Å². The first-order chi connectivity index (χ1) is 16.8. The standard InChI is InChI=1S/C25H28N4O5S/c1-4-29-23-8-6-19(35(31,32)28-9-11-33-12-10-28)14-22(23)27-24(29)15-34-25(30)18-5-7-21-20(13-18)16(2)17(3)26-21/h5-8,13-14,26H,4,9-12,15H2,1-3H3. The molecule has 10 heteroatoms. The van der Waals surface area contributed by atoms with Crippen molar-refractivity contribution in [1.29, 1.82) is 0 Å². The molecule has 1 saturated heterocycles. The van der Waals surface area contributed by atoms with Gasteiger partial charge in [-0.3, -0.25) is 0 Å². The average molecular weight is 497 g/mol. The number of ether oxygens (including phenoxy) is 2. The van der Waals surface area contributed by atoms with Gasteiger partial charge < -0.3 is 19.0 Å². The third-order valence-electron chi connectivity index (χ3n) is 6.60. The molecule has 0 amide bonds. The van der Waals surface area contributed by atoms with Crippen molar-refractivity contribution in [3.05, 3.63) is 59.0 Å². The number of hydrogen-bond donors (Lipinski definition) is 1. The molecule has 0 atom stereocenters. The molecule has 2 aromatic carbocycles. The topological polar surface area (TPSA) is 107 Å². The summed E-state index contributed by atoms with van der Waals surface area (Å²) in [4.78, 5) is 20.9. The maximum absolute atomic E-state index is 13.0. The molecule has 5 rings (SSSR count). The van der Waals surface area contributed by atoms with Crippen molar-refractivity contribution in [2.75, 3.05) is 26.3 Å². The Bertz CT molecular complexity index is 1530. The van der Waals surface area contributed by atoms with Crippen LogP contribution < -0.4 is 0 Å². The number of imidazole rings is 1. The van der Waals surface area contributed by atoms with E-state index in [1.165, 1.54) is 4.31 Å². The maximum Gasteiger partial charge on any atom is 0.338 e. The van der Waals surface area contributed by atoms with Gasteiger partial charge in [-0.1, -0.05) is 0 Å². The van der Waals surface area contributed by atoms with Gasteiger partial charge in [-0.15, -0.1) is 0 Å². The zero-order chi connectivity index (χ0) is 24.7. The fraction of sp³-hybridized carbons (Fsp3) is 0.360. The molecule has 0 unspecified atom stereocenters. The van der Waals surface area contributed by atoms with Gasteiger partial charge in [0, 0.05) is 36.2 Å². The van der Waals surface area contributed by atoms with Crippen LogP contribution in [0.1, 0.15) is 34.4 Å². The average Bonchev–Trinajstić information content (AvgIpc) is 3.37. The molecule has 0 saturated carbocycles. The SMILES string of the molecule is CCn1c(COC(=O)c2ccc3[nH]c(C)c(C)c3c2)nc2cc(S(=O)(=O)N3CCOCC3)ccc21. The van der Waals surface area contributed by atoms with Crippen LogP contribution in [0.5, 0.6) is 0 Å². The zero-order valence-electron chi connectivity index (χ0n) is 20.0. The van der Waals surface area contributed by atoms with E-state index in [1.54, 1.807) is 24.3 Å². The normalized spacial score (nSPS) is 15.2. The Morgan fingerprint density at radius 2 is 1.91 bits per heavy atom. The van der Waals surface area contributed by atoms with Crippen LogP contribution in [-0.4, -0.2) is 59.5 Å². The van der Waals surface area contributed by atoms with E-state index in [2.05, 4.69) is 9.97 Å². The summed E-state index contributed by atoms with van der Waals surface area (Å²) in [5, 5.41) is 0.992. The zero-order valence-corrected chi connectivity index (χ0v) is 20.8. The van der Waals surface area contributed by atoms with E-state index in [-0.39, 0.29) is 11.5 Å². The van der Waals surface area contributed by atoms with Gasteiger partial charge in [0.1, 0.15) is 12.4 Å². The number of carbonyl (C=O) groups is 1. The van der Waals surface area contributed by atoms with Gasteiger partial charge in [0.2, 0.25) is 10.0 Å². The van der Waals surface area contributed by atoms with Crippen LogP contribution in [0.15, 0.2) is 41.3 Å². The lowest BCUT2D eigenvalue weighted by atomic mass is 10.1. The van der Waals surface area contributed by atoms with E-state index < -0.39 is 16.0 Å². The van der Waals surface area contributed by atoms with Gasteiger partial charge in [0.05, 0.1) is 34.7 Å². The molecule has 0 radical (unpaired) electrons.